The fraction of sp³-hybridized carbons (Fsp3) is 0.900. The van der Waals surface area contributed by atoms with Gasteiger partial charge in [0.25, 0.3) is 0 Å². The van der Waals surface area contributed by atoms with Gasteiger partial charge in [-0.1, -0.05) is 27.7 Å². The van der Waals surface area contributed by atoms with Gasteiger partial charge in [0.2, 0.25) is 12.6 Å². The van der Waals surface area contributed by atoms with Crippen molar-refractivity contribution < 1.29 is 28.5 Å². The zero-order chi connectivity index (χ0) is 21.4. The molecule has 4 fully saturated rings. The Balaban J connectivity index is 1.47. The van der Waals surface area contributed by atoms with Crippen molar-refractivity contribution in [2.45, 2.75) is 90.9 Å². The number of nitrogens with zero attached hydrogens (tertiary/aromatic N) is 4. The molecule has 0 bridgehead atoms. The summed E-state index contributed by atoms with van der Waals surface area (Å²) in [4.78, 5) is 32.4. The van der Waals surface area contributed by atoms with Crippen molar-refractivity contribution in [3.8, 4) is 0 Å². The highest BCUT2D eigenvalue weighted by Gasteiger charge is 2.60. The van der Waals surface area contributed by atoms with E-state index in [1.807, 2.05) is 27.7 Å². The summed E-state index contributed by atoms with van der Waals surface area (Å²) in [6.07, 6.45) is -0.0357. The summed E-state index contributed by atoms with van der Waals surface area (Å²) in [5, 5.41) is 0. The van der Waals surface area contributed by atoms with Crippen LogP contribution in [0, 0.1) is 0 Å². The Bertz CT molecular complexity index is 549. The molecular weight excluding hydrogens is 392 g/mol. The van der Waals surface area contributed by atoms with E-state index < -0.39 is 37.5 Å². The predicted molar refractivity (Wildman–Crippen MR) is 106 cm³/mol. The van der Waals surface area contributed by atoms with E-state index in [4.69, 9.17) is 18.9 Å². The van der Waals surface area contributed by atoms with Gasteiger partial charge in [-0.05, 0) is 25.7 Å². The molecule has 10 heteroatoms. The van der Waals surface area contributed by atoms with E-state index in [-0.39, 0.29) is 12.1 Å². The van der Waals surface area contributed by atoms with Crippen molar-refractivity contribution in [1.82, 2.24) is 19.6 Å². The first-order valence-corrected chi connectivity index (χ1v) is 11.3. The highest BCUT2D eigenvalue weighted by atomic mass is 16.8. The highest BCUT2D eigenvalue weighted by molar-refractivity contribution is 5.78. The van der Waals surface area contributed by atoms with Gasteiger partial charge in [-0.25, -0.2) is 9.59 Å². The van der Waals surface area contributed by atoms with Gasteiger partial charge in [0.1, 0.15) is 0 Å². The van der Waals surface area contributed by atoms with Gasteiger partial charge in [-0.15, -0.1) is 0 Å². The Morgan fingerprint density at radius 1 is 0.533 bits per heavy atom. The lowest BCUT2D eigenvalue weighted by atomic mass is 10.4. The monoisotopic (exact) mass is 426 g/mol. The quantitative estimate of drug-likeness (QED) is 0.562. The van der Waals surface area contributed by atoms with Gasteiger partial charge >= 0.3 is 12.1 Å². The Kier molecular flexibility index (Phi) is 6.38. The third kappa shape index (κ3) is 3.43. The molecule has 0 radical (unpaired) electrons. The van der Waals surface area contributed by atoms with E-state index >= 15 is 0 Å². The number of fused-ring (bicyclic) bond motifs is 2. The highest BCUT2D eigenvalue weighted by Crippen LogP contribution is 2.39. The molecule has 4 aliphatic heterocycles. The molecule has 0 aromatic heterocycles. The molecule has 170 valence electrons. The number of carbonyl (C=O) groups is 2. The van der Waals surface area contributed by atoms with Crippen LogP contribution in [0.15, 0.2) is 0 Å². The molecule has 4 unspecified atom stereocenters. The van der Waals surface area contributed by atoms with Crippen LogP contribution >= 0.6 is 0 Å². The van der Waals surface area contributed by atoms with Crippen LogP contribution < -0.4 is 0 Å². The number of ether oxygens (including phenoxy) is 4. The number of urea groups is 2. The van der Waals surface area contributed by atoms with Crippen molar-refractivity contribution in [1.29, 1.82) is 0 Å². The summed E-state index contributed by atoms with van der Waals surface area (Å²) in [6.45, 7) is 10.6. The molecule has 0 aromatic rings. The molecule has 0 spiro atoms. The third-order valence-electron chi connectivity index (χ3n) is 5.87. The summed E-state index contributed by atoms with van der Waals surface area (Å²) < 4.78 is 24.5. The summed E-state index contributed by atoms with van der Waals surface area (Å²) in [7, 11) is 0. The fourth-order valence-electron chi connectivity index (χ4n) is 4.67. The average Bonchev–Trinajstić information content (AvgIpc) is 3.44. The van der Waals surface area contributed by atoms with Crippen LogP contribution in [0.4, 0.5) is 9.59 Å². The normalized spacial score (nSPS) is 35.7. The molecule has 0 aromatic carbocycles. The lowest BCUT2D eigenvalue weighted by Gasteiger charge is -2.27. The maximum absolute atomic E-state index is 12.7. The lowest BCUT2D eigenvalue weighted by Crippen LogP contribution is -2.43. The second-order valence-corrected chi connectivity index (χ2v) is 8.18. The van der Waals surface area contributed by atoms with E-state index in [0.29, 0.717) is 26.2 Å². The van der Waals surface area contributed by atoms with E-state index in [2.05, 4.69) is 0 Å². The molecule has 4 heterocycles. The first-order chi connectivity index (χ1) is 14.5. The van der Waals surface area contributed by atoms with Gasteiger partial charge in [0.05, 0.1) is 0 Å². The minimum absolute atomic E-state index is 0.0499. The van der Waals surface area contributed by atoms with Gasteiger partial charge in [0, 0.05) is 26.2 Å². The van der Waals surface area contributed by atoms with Crippen LogP contribution in [0.2, 0.25) is 0 Å². The Labute approximate surface area is 177 Å². The molecule has 30 heavy (non-hydrogen) atoms. The number of hydrogen-bond donors (Lipinski definition) is 0. The van der Waals surface area contributed by atoms with Crippen molar-refractivity contribution in [3.05, 3.63) is 0 Å². The topological polar surface area (TPSA) is 84.0 Å². The molecular formula is C20H34N4O6. The van der Waals surface area contributed by atoms with Crippen molar-refractivity contribution in [2.24, 2.45) is 0 Å². The molecule has 4 amide bonds. The molecule has 4 saturated heterocycles. The SMILES string of the molecule is CCCN1C(=O)N(CCC)C2OC(C3OC4C(O3)N(CCC)C(=O)N4CCC)OC21. The van der Waals surface area contributed by atoms with E-state index in [0.717, 1.165) is 25.7 Å². The molecule has 0 aliphatic carbocycles. The zero-order valence-corrected chi connectivity index (χ0v) is 18.4. The van der Waals surface area contributed by atoms with E-state index in [1.165, 1.54) is 0 Å². The third-order valence-corrected chi connectivity index (χ3v) is 5.87. The largest absolute Gasteiger partial charge is 0.324 e. The molecule has 4 atom stereocenters. The predicted octanol–water partition coefficient (Wildman–Crippen LogP) is 2.15. The molecule has 4 aliphatic rings. The maximum atomic E-state index is 12.7. The minimum Gasteiger partial charge on any atom is -0.319 e. The van der Waals surface area contributed by atoms with Gasteiger partial charge in [0.15, 0.2) is 24.9 Å². The number of hydrogen-bond acceptors (Lipinski definition) is 6. The first-order valence-electron chi connectivity index (χ1n) is 11.3. The standard InChI is InChI=1S/C20H34N4O6/c1-5-9-21-13-14(22(10-6-2)19(21)25)28-17(27-13)18-29-15-16(30-18)24(12-8-4)20(26)23(15)11-7-3/h13-18H,5-12H2,1-4H3. The van der Waals surface area contributed by atoms with Crippen LogP contribution in [0.5, 0.6) is 0 Å². The molecule has 4 rings (SSSR count). The number of amides is 4. The Morgan fingerprint density at radius 3 is 0.967 bits per heavy atom. The Hall–Kier alpha value is -1.62. The zero-order valence-electron chi connectivity index (χ0n) is 18.4. The van der Waals surface area contributed by atoms with Crippen LogP contribution in [0.25, 0.3) is 0 Å². The van der Waals surface area contributed by atoms with Crippen molar-refractivity contribution in [3.63, 3.8) is 0 Å². The number of carbonyl (C=O) groups excluding carboxylic acids is 2. The van der Waals surface area contributed by atoms with Crippen molar-refractivity contribution >= 4 is 12.1 Å². The van der Waals surface area contributed by atoms with Crippen molar-refractivity contribution in [2.75, 3.05) is 26.2 Å². The molecule has 0 saturated carbocycles. The summed E-state index contributed by atoms with van der Waals surface area (Å²) in [5.74, 6) is 0. The van der Waals surface area contributed by atoms with Gasteiger partial charge in [-0.2, -0.15) is 0 Å². The second kappa shape index (κ2) is 8.86. The van der Waals surface area contributed by atoms with Gasteiger partial charge in [-0.3, -0.25) is 19.6 Å². The average molecular weight is 427 g/mol. The maximum Gasteiger partial charge on any atom is 0.324 e. The minimum atomic E-state index is -0.750. The van der Waals surface area contributed by atoms with E-state index in [1.54, 1.807) is 19.6 Å². The fourth-order valence-corrected chi connectivity index (χ4v) is 4.67. The molecule has 10 nitrogen and oxygen atoms in total. The number of rotatable bonds is 9. The Morgan fingerprint density at radius 2 is 0.767 bits per heavy atom. The van der Waals surface area contributed by atoms with Crippen LogP contribution in [0.3, 0.4) is 0 Å². The van der Waals surface area contributed by atoms with Crippen LogP contribution in [0.1, 0.15) is 53.4 Å². The summed E-state index contributed by atoms with van der Waals surface area (Å²) in [5.41, 5.74) is 0. The first kappa shape index (κ1) is 21.6. The smallest absolute Gasteiger partial charge is 0.319 e. The second-order valence-electron chi connectivity index (χ2n) is 8.18. The lowest BCUT2D eigenvalue weighted by molar-refractivity contribution is -0.242. The van der Waals surface area contributed by atoms with Gasteiger partial charge < -0.3 is 18.9 Å². The summed E-state index contributed by atoms with van der Waals surface area (Å²) in [6, 6.07) is -0.0998. The van der Waals surface area contributed by atoms with E-state index in [9.17, 15) is 9.59 Å². The van der Waals surface area contributed by atoms with Crippen LogP contribution in [-0.4, -0.2) is 95.3 Å². The molecule has 0 N–H and O–H groups in total. The van der Waals surface area contributed by atoms with Crippen LogP contribution in [-0.2, 0) is 18.9 Å². The summed E-state index contributed by atoms with van der Waals surface area (Å²) >= 11 is 0.